The van der Waals surface area contributed by atoms with Crippen LogP contribution in [0.15, 0.2) is 101 Å². The van der Waals surface area contributed by atoms with Crippen molar-refractivity contribution >= 4 is 46.3 Å². The number of ether oxygens (including phenoxy) is 2. The van der Waals surface area contributed by atoms with Gasteiger partial charge >= 0.3 is 0 Å². The number of carbonyl (C=O) groups excluding carboxylic acids is 2. The zero-order valence-corrected chi connectivity index (χ0v) is 31.3. The molecule has 2 heterocycles. The number of para-hydroxylation sites is 2. The van der Waals surface area contributed by atoms with E-state index >= 15 is 0 Å². The number of carbonyl (C=O) groups is 2. The van der Waals surface area contributed by atoms with Gasteiger partial charge in [0.15, 0.2) is 10.6 Å². The Kier molecular flexibility index (Phi) is 13.6. The van der Waals surface area contributed by atoms with Gasteiger partial charge in [-0.3, -0.25) is 9.59 Å². The molecular weight excluding hydrogens is 707 g/mol. The minimum absolute atomic E-state index is 0.00448. The largest absolute Gasteiger partial charge is 0.397 e. The average molecular weight is 752 g/mol. The Bertz CT molecular complexity index is 1950. The molecule has 276 valence electrons. The molecule has 12 heteroatoms. The molecular formula is C41H45N5O5S2. The quantitative estimate of drug-likeness (QED) is 0.0446. The lowest BCUT2D eigenvalue weighted by Gasteiger charge is -2.36. The second-order valence-electron chi connectivity index (χ2n) is 13.0. The van der Waals surface area contributed by atoms with Crippen LogP contribution in [0.25, 0.3) is 11.1 Å². The number of nitrogens with two attached hydrogens (primary N) is 1. The number of nitrogen functional groups attached to an aromatic ring is 1. The third kappa shape index (κ3) is 11.0. The third-order valence-corrected chi connectivity index (χ3v) is 11.1. The summed E-state index contributed by atoms with van der Waals surface area (Å²) in [5, 5.41) is 24.8. The van der Waals surface area contributed by atoms with Gasteiger partial charge in [0.1, 0.15) is 5.01 Å². The van der Waals surface area contributed by atoms with Crippen LogP contribution in [0.5, 0.6) is 0 Å². The molecule has 1 aromatic heterocycles. The van der Waals surface area contributed by atoms with E-state index in [9.17, 15) is 14.7 Å². The standard InChI is InChI=1S/C41H45N5O5S2/c1-27-45-46-41(53-27)52-26-33-23-37(30-17-15-28(25-47)16-18-30)51-40(50-33)31-21-19-29(20-22-31)34-10-6-5-9-32(34)24-43-38(48)13-3-2-4-14-39(49)44-36-12-8-7-11-35(36)42/h5-12,15-22,33,37,40,47H,2-4,13-14,23-26,42H2,1H3,(H,43,48)(H,44,49)/t33-,37+,40+/m0/s1. The van der Waals surface area contributed by atoms with Crippen LogP contribution >= 0.6 is 23.1 Å². The van der Waals surface area contributed by atoms with E-state index in [4.69, 9.17) is 15.2 Å². The van der Waals surface area contributed by atoms with Gasteiger partial charge in [0, 0.05) is 37.1 Å². The molecule has 2 amide bonds. The lowest BCUT2D eigenvalue weighted by molar-refractivity contribution is -0.245. The Morgan fingerprint density at radius 1 is 0.868 bits per heavy atom. The molecule has 1 aliphatic rings. The van der Waals surface area contributed by atoms with Crippen LogP contribution in [-0.2, 0) is 32.2 Å². The van der Waals surface area contributed by atoms with E-state index in [0.717, 1.165) is 54.9 Å². The van der Waals surface area contributed by atoms with Crippen molar-refractivity contribution in [3.8, 4) is 11.1 Å². The minimum Gasteiger partial charge on any atom is -0.397 e. The number of aromatic nitrogens is 2. The molecule has 10 nitrogen and oxygen atoms in total. The second-order valence-corrected chi connectivity index (χ2v) is 15.4. The smallest absolute Gasteiger partial charge is 0.224 e. The van der Waals surface area contributed by atoms with E-state index in [2.05, 4.69) is 39.0 Å². The van der Waals surface area contributed by atoms with Gasteiger partial charge < -0.3 is 30.9 Å². The van der Waals surface area contributed by atoms with Gasteiger partial charge in [-0.1, -0.05) is 114 Å². The highest BCUT2D eigenvalue weighted by atomic mass is 32.2. The lowest BCUT2D eigenvalue weighted by atomic mass is 9.97. The van der Waals surface area contributed by atoms with Gasteiger partial charge in [0.05, 0.1) is 30.2 Å². The zero-order valence-electron chi connectivity index (χ0n) is 29.7. The van der Waals surface area contributed by atoms with E-state index in [1.807, 2.05) is 73.7 Å². The summed E-state index contributed by atoms with van der Waals surface area (Å²) in [7, 11) is 0. The van der Waals surface area contributed by atoms with Crippen molar-refractivity contribution in [3.63, 3.8) is 0 Å². The number of rotatable bonds is 16. The second kappa shape index (κ2) is 18.9. The summed E-state index contributed by atoms with van der Waals surface area (Å²) in [6.07, 6.45) is 2.85. The number of anilines is 2. The molecule has 1 fully saturated rings. The molecule has 1 aliphatic heterocycles. The fraction of sp³-hybridized carbons (Fsp3) is 0.317. The first-order valence-electron chi connectivity index (χ1n) is 17.9. The van der Waals surface area contributed by atoms with Crippen molar-refractivity contribution in [1.29, 1.82) is 0 Å². The average Bonchev–Trinajstić information content (AvgIpc) is 3.61. The summed E-state index contributed by atoms with van der Waals surface area (Å²) >= 11 is 3.23. The number of hydrogen-bond donors (Lipinski definition) is 4. The van der Waals surface area contributed by atoms with Crippen molar-refractivity contribution in [1.82, 2.24) is 15.5 Å². The molecule has 5 N–H and O–H groups in total. The van der Waals surface area contributed by atoms with E-state index in [1.54, 1.807) is 35.2 Å². The highest BCUT2D eigenvalue weighted by molar-refractivity contribution is 8.01. The first kappa shape index (κ1) is 38.1. The molecule has 3 atom stereocenters. The summed E-state index contributed by atoms with van der Waals surface area (Å²) in [5.74, 6) is 0.625. The van der Waals surface area contributed by atoms with E-state index in [0.29, 0.717) is 50.0 Å². The number of unbranched alkanes of at least 4 members (excludes halogenated alkanes) is 2. The maximum absolute atomic E-state index is 12.7. The van der Waals surface area contributed by atoms with Gasteiger partial charge in [0.25, 0.3) is 0 Å². The topological polar surface area (TPSA) is 149 Å². The van der Waals surface area contributed by atoms with Gasteiger partial charge in [-0.25, -0.2) is 0 Å². The number of nitrogens with zero attached hydrogens (tertiary/aromatic N) is 2. The Hall–Kier alpha value is -4.59. The van der Waals surface area contributed by atoms with E-state index in [-0.39, 0.29) is 30.6 Å². The summed E-state index contributed by atoms with van der Waals surface area (Å²) in [6, 6.07) is 31.4. The summed E-state index contributed by atoms with van der Waals surface area (Å²) in [4.78, 5) is 25.0. The van der Waals surface area contributed by atoms with Gasteiger partial charge in [-0.2, -0.15) is 0 Å². The monoisotopic (exact) mass is 751 g/mol. The molecule has 5 aromatic rings. The number of benzene rings is 4. The molecule has 0 spiro atoms. The van der Waals surface area contributed by atoms with Crippen molar-refractivity contribution in [3.05, 3.63) is 124 Å². The molecule has 0 bridgehead atoms. The van der Waals surface area contributed by atoms with E-state index in [1.165, 1.54) is 0 Å². The number of thioether (sulfide) groups is 1. The number of aliphatic hydroxyl groups is 1. The fourth-order valence-corrected chi connectivity index (χ4v) is 8.01. The minimum atomic E-state index is -0.561. The maximum atomic E-state index is 12.7. The summed E-state index contributed by atoms with van der Waals surface area (Å²) in [6.45, 7) is 2.36. The SMILES string of the molecule is Cc1nnc(SC[C@@H]2C[C@H](c3ccc(CO)cc3)O[C@H](c3ccc(-c4ccccc4CNC(=O)CCCCCC(=O)Nc4ccccc4N)cc3)O2)s1. The Balaban J connectivity index is 1.02. The summed E-state index contributed by atoms with van der Waals surface area (Å²) < 4.78 is 14.0. The van der Waals surface area contributed by atoms with Gasteiger partial charge in [-0.15, -0.1) is 10.2 Å². The first-order chi connectivity index (χ1) is 25.8. The molecule has 6 rings (SSSR count). The molecule has 0 radical (unpaired) electrons. The molecule has 53 heavy (non-hydrogen) atoms. The lowest BCUT2D eigenvalue weighted by Crippen LogP contribution is -2.31. The number of nitrogens with one attached hydrogen (secondary N) is 2. The molecule has 1 saturated heterocycles. The molecule has 4 aromatic carbocycles. The zero-order chi connectivity index (χ0) is 37.0. The van der Waals surface area contributed by atoms with Crippen LogP contribution in [-0.4, -0.2) is 39.0 Å². The van der Waals surface area contributed by atoms with Crippen molar-refractivity contribution < 1.29 is 24.2 Å². The van der Waals surface area contributed by atoms with Crippen LogP contribution in [0.4, 0.5) is 11.4 Å². The van der Waals surface area contributed by atoms with Crippen molar-refractivity contribution in [2.45, 2.75) is 81.4 Å². The maximum Gasteiger partial charge on any atom is 0.224 e. The normalized spacial score (nSPS) is 17.0. The number of aryl methyl sites for hydroxylation is 1. The van der Waals surface area contributed by atoms with Gasteiger partial charge in [-0.05, 0) is 59.7 Å². The van der Waals surface area contributed by atoms with E-state index < -0.39 is 6.29 Å². The Labute approximate surface area is 318 Å². The van der Waals surface area contributed by atoms with Crippen LogP contribution in [0.1, 0.15) is 78.2 Å². The number of amides is 2. The van der Waals surface area contributed by atoms with Crippen LogP contribution in [0.3, 0.4) is 0 Å². The Morgan fingerprint density at radius 3 is 2.32 bits per heavy atom. The Morgan fingerprint density at radius 2 is 1.58 bits per heavy atom. The van der Waals surface area contributed by atoms with Crippen molar-refractivity contribution in [2.75, 3.05) is 16.8 Å². The predicted molar refractivity (Wildman–Crippen MR) is 210 cm³/mol. The summed E-state index contributed by atoms with van der Waals surface area (Å²) in [5.41, 5.74) is 13.0. The third-order valence-electron chi connectivity index (χ3n) is 9.04. The fourth-order valence-electron chi connectivity index (χ4n) is 6.15. The van der Waals surface area contributed by atoms with Gasteiger partial charge in [0.2, 0.25) is 11.8 Å². The predicted octanol–water partition coefficient (Wildman–Crippen LogP) is 8.13. The van der Waals surface area contributed by atoms with Crippen LogP contribution in [0.2, 0.25) is 0 Å². The molecule has 0 unspecified atom stereocenters. The molecule has 0 saturated carbocycles. The van der Waals surface area contributed by atoms with Crippen LogP contribution < -0.4 is 16.4 Å². The highest BCUT2D eigenvalue weighted by Crippen LogP contribution is 2.40. The van der Waals surface area contributed by atoms with Crippen molar-refractivity contribution in [2.24, 2.45) is 0 Å². The first-order valence-corrected chi connectivity index (χ1v) is 19.7. The van der Waals surface area contributed by atoms with Crippen LogP contribution in [0, 0.1) is 6.92 Å². The number of aliphatic hydroxyl groups excluding tert-OH is 1. The molecule has 0 aliphatic carbocycles. The highest BCUT2D eigenvalue weighted by Gasteiger charge is 2.32. The number of hydrogen-bond acceptors (Lipinski definition) is 10.